The van der Waals surface area contributed by atoms with Gasteiger partial charge in [-0.05, 0) is 24.3 Å². The van der Waals surface area contributed by atoms with Crippen molar-refractivity contribution in [3.63, 3.8) is 0 Å². The van der Waals surface area contributed by atoms with Crippen molar-refractivity contribution in [3.05, 3.63) is 54.3 Å². The van der Waals surface area contributed by atoms with Crippen LogP contribution in [0.4, 0.5) is 15.8 Å². The highest BCUT2D eigenvalue weighted by atomic mass is 32.2. The third-order valence-corrected chi connectivity index (χ3v) is 4.25. The number of para-hydroxylation sites is 1. The predicted octanol–water partition coefficient (Wildman–Crippen LogP) is 3.30. The van der Waals surface area contributed by atoms with Crippen LogP contribution in [0.5, 0.6) is 0 Å². The Morgan fingerprint density at radius 2 is 1.96 bits per heavy atom. The van der Waals surface area contributed by atoms with E-state index in [-0.39, 0.29) is 23.3 Å². The molecule has 0 unspecified atom stereocenters. The van der Waals surface area contributed by atoms with E-state index in [1.807, 2.05) is 6.07 Å². The average Bonchev–Trinajstić information content (AvgIpc) is 3.11. The lowest BCUT2D eigenvalue weighted by atomic mass is 10.2. The van der Waals surface area contributed by atoms with E-state index in [0.29, 0.717) is 16.7 Å². The minimum absolute atomic E-state index is 0.0392. The number of nitrogens with zero attached hydrogens (tertiary/aromatic N) is 2. The number of aromatic nitrogens is 3. The summed E-state index contributed by atoms with van der Waals surface area (Å²) >= 11 is 1.13. The fraction of sp³-hybridized carbons (Fsp3) is 0.111. The summed E-state index contributed by atoms with van der Waals surface area (Å²) in [5.74, 6) is -0.461. The Morgan fingerprint density at radius 1 is 1.15 bits per heavy atom. The topological polar surface area (TPSA) is 99.8 Å². The molecule has 2 amide bonds. The van der Waals surface area contributed by atoms with Gasteiger partial charge in [-0.2, -0.15) is 0 Å². The van der Waals surface area contributed by atoms with E-state index < -0.39 is 5.82 Å². The van der Waals surface area contributed by atoms with Gasteiger partial charge in [0, 0.05) is 18.2 Å². The molecule has 0 spiro atoms. The molecule has 2 aromatic carbocycles. The Bertz CT molecular complexity index is 976. The molecule has 0 aliphatic rings. The summed E-state index contributed by atoms with van der Waals surface area (Å²) in [6, 6.07) is 13.1. The van der Waals surface area contributed by atoms with Gasteiger partial charge in [-0.25, -0.2) is 9.37 Å². The Morgan fingerprint density at radius 3 is 2.74 bits per heavy atom. The van der Waals surface area contributed by atoms with Crippen LogP contribution in [0, 0.1) is 5.82 Å². The van der Waals surface area contributed by atoms with Gasteiger partial charge in [0.2, 0.25) is 17.0 Å². The van der Waals surface area contributed by atoms with Crippen molar-refractivity contribution in [1.82, 2.24) is 15.2 Å². The fourth-order valence-electron chi connectivity index (χ4n) is 2.27. The van der Waals surface area contributed by atoms with Crippen LogP contribution < -0.4 is 10.6 Å². The molecule has 0 bridgehead atoms. The second-order valence-corrected chi connectivity index (χ2v) is 6.49. The van der Waals surface area contributed by atoms with Crippen LogP contribution in [0.1, 0.15) is 6.92 Å². The molecular formula is C18H16FN5O2S. The molecule has 0 saturated heterocycles. The van der Waals surface area contributed by atoms with Crippen LogP contribution >= 0.6 is 11.8 Å². The van der Waals surface area contributed by atoms with Crippen molar-refractivity contribution in [3.8, 4) is 11.4 Å². The minimum atomic E-state index is -0.491. The van der Waals surface area contributed by atoms with Crippen molar-refractivity contribution in [2.75, 3.05) is 16.4 Å². The number of hydrogen-bond donors (Lipinski definition) is 3. The van der Waals surface area contributed by atoms with Crippen LogP contribution in [-0.4, -0.2) is 32.7 Å². The molecule has 0 radical (unpaired) electrons. The van der Waals surface area contributed by atoms with Gasteiger partial charge in [-0.1, -0.05) is 36.0 Å². The van der Waals surface area contributed by atoms with E-state index >= 15 is 0 Å². The Kier molecular flexibility index (Phi) is 5.82. The third kappa shape index (κ3) is 5.14. The zero-order chi connectivity index (χ0) is 19.2. The van der Waals surface area contributed by atoms with E-state index in [1.165, 1.54) is 19.1 Å². The molecule has 0 aliphatic heterocycles. The Hall–Kier alpha value is -3.20. The molecule has 3 N–H and O–H groups in total. The quantitative estimate of drug-likeness (QED) is 0.566. The fourth-order valence-corrected chi connectivity index (χ4v) is 2.86. The highest BCUT2D eigenvalue weighted by molar-refractivity contribution is 7.99. The van der Waals surface area contributed by atoms with Crippen molar-refractivity contribution in [2.45, 2.75) is 12.1 Å². The molecule has 0 atom stereocenters. The lowest BCUT2D eigenvalue weighted by Gasteiger charge is -2.04. The van der Waals surface area contributed by atoms with Gasteiger partial charge >= 0.3 is 0 Å². The molecule has 0 aliphatic carbocycles. The summed E-state index contributed by atoms with van der Waals surface area (Å²) in [4.78, 5) is 27.4. The molecule has 0 saturated carbocycles. The van der Waals surface area contributed by atoms with Gasteiger partial charge < -0.3 is 10.6 Å². The maximum absolute atomic E-state index is 13.5. The van der Waals surface area contributed by atoms with Crippen LogP contribution in [0.2, 0.25) is 0 Å². The van der Waals surface area contributed by atoms with E-state index in [0.717, 1.165) is 17.3 Å². The van der Waals surface area contributed by atoms with E-state index in [1.54, 1.807) is 30.3 Å². The number of anilines is 2. The molecule has 138 valence electrons. The second-order valence-electron chi connectivity index (χ2n) is 5.55. The van der Waals surface area contributed by atoms with Gasteiger partial charge in [0.15, 0.2) is 5.82 Å². The number of halogens is 1. The van der Waals surface area contributed by atoms with E-state index in [9.17, 15) is 14.0 Å². The number of amides is 2. The minimum Gasteiger partial charge on any atom is -0.326 e. The number of thioether (sulfide) groups is 1. The van der Waals surface area contributed by atoms with Gasteiger partial charge in [-0.3, -0.25) is 14.7 Å². The first-order chi connectivity index (χ1) is 13.0. The number of rotatable bonds is 6. The SMILES string of the molecule is CC(=O)Nc1cccc(-c2nc(SCC(=O)Nc3ccccc3F)n[nH]2)c1. The number of carbonyl (C=O) groups excluding carboxylic acids is 2. The number of carbonyl (C=O) groups is 2. The first kappa shape index (κ1) is 18.6. The molecule has 7 nitrogen and oxygen atoms in total. The number of nitrogens with one attached hydrogen (secondary N) is 3. The molecular weight excluding hydrogens is 369 g/mol. The van der Waals surface area contributed by atoms with Crippen molar-refractivity contribution in [1.29, 1.82) is 0 Å². The lowest BCUT2D eigenvalue weighted by molar-refractivity contribution is -0.114. The number of aromatic amines is 1. The van der Waals surface area contributed by atoms with Crippen LogP contribution in [0.25, 0.3) is 11.4 Å². The Balaban J connectivity index is 1.60. The van der Waals surface area contributed by atoms with Crippen LogP contribution in [0.15, 0.2) is 53.7 Å². The smallest absolute Gasteiger partial charge is 0.234 e. The van der Waals surface area contributed by atoms with Gasteiger partial charge in [-0.15, -0.1) is 5.10 Å². The van der Waals surface area contributed by atoms with Crippen molar-refractivity contribution >= 4 is 35.0 Å². The maximum atomic E-state index is 13.5. The molecule has 0 fully saturated rings. The van der Waals surface area contributed by atoms with Gasteiger partial charge in [0.25, 0.3) is 0 Å². The highest BCUT2D eigenvalue weighted by Gasteiger charge is 2.11. The van der Waals surface area contributed by atoms with Crippen molar-refractivity contribution < 1.29 is 14.0 Å². The van der Waals surface area contributed by atoms with E-state index in [4.69, 9.17) is 0 Å². The zero-order valence-corrected chi connectivity index (χ0v) is 15.1. The average molecular weight is 385 g/mol. The van der Waals surface area contributed by atoms with E-state index in [2.05, 4.69) is 25.8 Å². The largest absolute Gasteiger partial charge is 0.326 e. The standard InChI is InChI=1S/C18H16FN5O2S/c1-11(25)20-13-6-4-5-12(9-13)17-22-18(24-23-17)27-10-16(26)21-15-8-3-2-7-14(15)19/h2-9H,10H2,1H3,(H,20,25)(H,21,26)(H,22,23,24). The predicted molar refractivity (Wildman–Crippen MR) is 102 cm³/mol. The Labute approximate surface area is 158 Å². The normalized spacial score (nSPS) is 10.4. The van der Waals surface area contributed by atoms with Gasteiger partial charge in [0.05, 0.1) is 11.4 Å². The molecule has 9 heteroatoms. The van der Waals surface area contributed by atoms with Crippen LogP contribution in [0.3, 0.4) is 0 Å². The summed E-state index contributed by atoms with van der Waals surface area (Å²) in [7, 11) is 0. The summed E-state index contributed by atoms with van der Waals surface area (Å²) in [5.41, 5.74) is 1.53. The molecule has 3 aromatic rings. The number of H-pyrrole nitrogens is 1. The summed E-state index contributed by atoms with van der Waals surface area (Å²) in [6.45, 7) is 1.43. The molecule has 1 aromatic heterocycles. The van der Waals surface area contributed by atoms with Gasteiger partial charge in [0.1, 0.15) is 5.82 Å². The lowest BCUT2D eigenvalue weighted by Crippen LogP contribution is -2.15. The molecule has 1 heterocycles. The number of hydrogen-bond acceptors (Lipinski definition) is 5. The maximum Gasteiger partial charge on any atom is 0.234 e. The third-order valence-electron chi connectivity index (χ3n) is 3.40. The highest BCUT2D eigenvalue weighted by Crippen LogP contribution is 2.22. The molecule has 3 rings (SSSR count). The summed E-state index contributed by atoms with van der Waals surface area (Å²) in [5, 5.41) is 12.5. The van der Waals surface area contributed by atoms with Crippen LogP contribution in [-0.2, 0) is 9.59 Å². The monoisotopic (exact) mass is 385 g/mol. The second kappa shape index (κ2) is 8.45. The first-order valence-corrected chi connectivity index (χ1v) is 8.97. The summed E-state index contributed by atoms with van der Waals surface area (Å²) < 4.78 is 13.5. The number of benzene rings is 2. The summed E-state index contributed by atoms with van der Waals surface area (Å²) in [6.07, 6.45) is 0. The first-order valence-electron chi connectivity index (χ1n) is 7.99. The van der Waals surface area contributed by atoms with Crippen molar-refractivity contribution in [2.24, 2.45) is 0 Å². The molecule has 27 heavy (non-hydrogen) atoms. The zero-order valence-electron chi connectivity index (χ0n) is 14.3.